The van der Waals surface area contributed by atoms with Crippen LogP contribution in [0.5, 0.6) is 0 Å². The zero-order valence-corrected chi connectivity index (χ0v) is 18.9. The molecule has 4 rings (SSSR count). The number of fused-ring (bicyclic) bond motifs is 1. The van der Waals surface area contributed by atoms with Gasteiger partial charge < -0.3 is 15.3 Å². The Morgan fingerprint density at radius 2 is 1.91 bits per heavy atom. The number of amides is 1. The number of para-hydroxylation sites is 1. The number of hydrogen-bond donors (Lipinski definition) is 2. The minimum atomic E-state index is -0.493. The number of aromatic amines is 1. The summed E-state index contributed by atoms with van der Waals surface area (Å²) >= 11 is 1.36. The van der Waals surface area contributed by atoms with Crippen LogP contribution >= 0.6 is 11.8 Å². The number of ketones is 1. The molecule has 0 radical (unpaired) electrons. The Labute approximate surface area is 190 Å². The van der Waals surface area contributed by atoms with E-state index in [9.17, 15) is 9.59 Å². The molecule has 0 fully saturated rings. The van der Waals surface area contributed by atoms with E-state index in [-0.39, 0.29) is 18.1 Å². The smallest absolute Gasteiger partial charge is 0.217 e. The van der Waals surface area contributed by atoms with Crippen molar-refractivity contribution in [3.63, 3.8) is 0 Å². The standard InChI is InChI=1S/C24H25N5O2S/c1-3-15-10-7-11-17-18(14-26-21(15)17)22(31)23(16-8-5-4-6-9-16)32-24-28-27-20(29(24)2)13-12-19(25)30/h4-11,14,23,26H,3,12-13H2,1-2H3,(H2,25,30)/t23-/m1/s1. The van der Waals surface area contributed by atoms with E-state index < -0.39 is 5.25 Å². The first-order valence-electron chi connectivity index (χ1n) is 10.5. The number of aromatic nitrogens is 4. The molecule has 0 unspecified atom stereocenters. The lowest BCUT2D eigenvalue weighted by Crippen LogP contribution is -2.13. The third kappa shape index (κ3) is 4.31. The second-order valence-corrected chi connectivity index (χ2v) is 8.66. The molecule has 7 nitrogen and oxygen atoms in total. The molecule has 0 aliphatic rings. The number of primary amides is 1. The second-order valence-electron chi connectivity index (χ2n) is 7.59. The molecule has 1 atom stereocenters. The molecule has 4 aromatic rings. The fourth-order valence-electron chi connectivity index (χ4n) is 3.76. The summed E-state index contributed by atoms with van der Waals surface area (Å²) in [5.41, 5.74) is 9.00. The van der Waals surface area contributed by atoms with Gasteiger partial charge in [-0.3, -0.25) is 9.59 Å². The molecule has 32 heavy (non-hydrogen) atoms. The predicted octanol–water partition coefficient (Wildman–Crippen LogP) is 3.99. The van der Waals surface area contributed by atoms with Crippen LogP contribution in [0.15, 0.2) is 59.9 Å². The summed E-state index contributed by atoms with van der Waals surface area (Å²) in [6, 6.07) is 15.7. The summed E-state index contributed by atoms with van der Waals surface area (Å²) < 4.78 is 1.82. The number of hydrogen-bond acceptors (Lipinski definition) is 5. The summed E-state index contributed by atoms with van der Waals surface area (Å²) in [5, 5.41) is 9.52. The molecule has 0 bridgehead atoms. The summed E-state index contributed by atoms with van der Waals surface area (Å²) in [6.45, 7) is 2.10. The molecule has 0 saturated heterocycles. The van der Waals surface area contributed by atoms with Crippen LogP contribution in [-0.4, -0.2) is 31.4 Å². The van der Waals surface area contributed by atoms with E-state index in [0.717, 1.165) is 22.9 Å². The molecule has 1 amide bonds. The average molecular weight is 448 g/mol. The van der Waals surface area contributed by atoms with Crippen LogP contribution < -0.4 is 5.73 Å². The van der Waals surface area contributed by atoms with Gasteiger partial charge in [-0.2, -0.15) is 0 Å². The number of benzene rings is 2. The fourth-order valence-corrected chi connectivity index (χ4v) is 4.85. The van der Waals surface area contributed by atoms with E-state index in [1.54, 1.807) is 6.20 Å². The Balaban J connectivity index is 1.70. The van der Waals surface area contributed by atoms with Gasteiger partial charge in [-0.15, -0.1) is 10.2 Å². The van der Waals surface area contributed by atoms with E-state index in [1.165, 1.54) is 17.3 Å². The summed E-state index contributed by atoms with van der Waals surface area (Å²) in [6.07, 6.45) is 3.30. The van der Waals surface area contributed by atoms with Crippen molar-refractivity contribution in [2.24, 2.45) is 12.8 Å². The number of aryl methyl sites for hydroxylation is 2. The zero-order chi connectivity index (χ0) is 22.7. The van der Waals surface area contributed by atoms with Crippen LogP contribution in [0.25, 0.3) is 10.9 Å². The predicted molar refractivity (Wildman–Crippen MR) is 126 cm³/mol. The normalized spacial score (nSPS) is 12.2. The number of carbonyl (C=O) groups is 2. The Morgan fingerprint density at radius 1 is 1.12 bits per heavy atom. The van der Waals surface area contributed by atoms with Gasteiger partial charge in [-0.1, -0.05) is 67.2 Å². The van der Waals surface area contributed by atoms with E-state index in [1.807, 2.05) is 54.1 Å². The Hall–Kier alpha value is -3.39. The van der Waals surface area contributed by atoms with E-state index >= 15 is 0 Å². The monoisotopic (exact) mass is 447 g/mol. The molecule has 0 spiro atoms. The van der Waals surface area contributed by atoms with Gasteiger partial charge in [0.1, 0.15) is 11.1 Å². The van der Waals surface area contributed by atoms with Gasteiger partial charge >= 0.3 is 0 Å². The van der Waals surface area contributed by atoms with Gasteiger partial charge in [-0.25, -0.2) is 0 Å². The highest BCUT2D eigenvalue weighted by Crippen LogP contribution is 2.38. The van der Waals surface area contributed by atoms with Crippen molar-refractivity contribution >= 4 is 34.4 Å². The van der Waals surface area contributed by atoms with Crippen molar-refractivity contribution in [1.82, 2.24) is 19.7 Å². The number of carbonyl (C=O) groups excluding carboxylic acids is 2. The maximum Gasteiger partial charge on any atom is 0.217 e. The van der Waals surface area contributed by atoms with Crippen molar-refractivity contribution in [2.45, 2.75) is 36.6 Å². The summed E-state index contributed by atoms with van der Waals surface area (Å²) in [7, 11) is 1.84. The number of nitrogens with zero attached hydrogens (tertiary/aromatic N) is 3. The van der Waals surface area contributed by atoms with Gasteiger partial charge in [0.2, 0.25) is 5.91 Å². The van der Waals surface area contributed by atoms with Crippen molar-refractivity contribution in [3.05, 3.63) is 77.2 Å². The third-order valence-corrected chi connectivity index (χ3v) is 6.82. The molecule has 0 aliphatic heterocycles. The SMILES string of the molecule is CCc1cccc2c(C(=O)[C@H](Sc3nnc(CCC(N)=O)n3C)c3ccccc3)c[nH]c12. The lowest BCUT2D eigenvalue weighted by molar-refractivity contribution is -0.118. The molecular weight excluding hydrogens is 422 g/mol. The first kappa shape index (κ1) is 21.8. The van der Waals surface area contributed by atoms with Gasteiger partial charge in [0.25, 0.3) is 0 Å². The van der Waals surface area contributed by atoms with Crippen molar-refractivity contribution in [2.75, 3.05) is 0 Å². The first-order valence-corrected chi connectivity index (χ1v) is 11.4. The van der Waals surface area contributed by atoms with Crippen LogP contribution in [0.3, 0.4) is 0 Å². The first-order chi connectivity index (χ1) is 15.5. The molecule has 164 valence electrons. The third-order valence-electron chi connectivity index (χ3n) is 5.53. The lowest BCUT2D eigenvalue weighted by atomic mass is 10.0. The largest absolute Gasteiger partial charge is 0.370 e. The topological polar surface area (TPSA) is 107 Å². The maximum absolute atomic E-state index is 13.8. The van der Waals surface area contributed by atoms with E-state index in [2.05, 4.69) is 28.2 Å². The summed E-state index contributed by atoms with van der Waals surface area (Å²) in [4.78, 5) is 28.2. The maximum atomic E-state index is 13.8. The molecule has 2 aromatic carbocycles. The van der Waals surface area contributed by atoms with Crippen LogP contribution in [-0.2, 0) is 24.7 Å². The van der Waals surface area contributed by atoms with Crippen LogP contribution in [0, 0.1) is 0 Å². The van der Waals surface area contributed by atoms with Gasteiger partial charge in [0, 0.05) is 42.6 Å². The number of Topliss-reactive ketones (excluding diaryl/α,β-unsaturated/α-hetero) is 1. The quantitative estimate of drug-likeness (QED) is 0.298. The van der Waals surface area contributed by atoms with Crippen molar-refractivity contribution in [1.29, 1.82) is 0 Å². The molecule has 8 heteroatoms. The lowest BCUT2D eigenvalue weighted by Gasteiger charge is -2.15. The summed E-state index contributed by atoms with van der Waals surface area (Å²) in [5.74, 6) is 0.276. The highest BCUT2D eigenvalue weighted by molar-refractivity contribution is 8.00. The molecule has 2 heterocycles. The number of rotatable bonds is 9. The minimum Gasteiger partial charge on any atom is -0.370 e. The number of thioether (sulfide) groups is 1. The van der Waals surface area contributed by atoms with Gasteiger partial charge in [-0.05, 0) is 17.5 Å². The molecule has 0 saturated carbocycles. The average Bonchev–Trinajstić information content (AvgIpc) is 3.39. The van der Waals surface area contributed by atoms with Crippen LogP contribution in [0.2, 0.25) is 0 Å². The second kappa shape index (κ2) is 9.40. The van der Waals surface area contributed by atoms with Gasteiger partial charge in [0.05, 0.1) is 0 Å². The molecule has 0 aliphatic carbocycles. The molecule has 2 aromatic heterocycles. The Morgan fingerprint density at radius 3 is 2.62 bits per heavy atom. The number of nitrogens with one attached hydrogen (secondary N) is 1. The van der Waals surface area contributed by atoms with Gasteiger partial charge in [0.15, 0.2) is 10.9 Å². The van der Waals surface area contributed by atoms with Crippen LogP contribution in [0.4, 0.5) is 0 Å². The fraction of sp³-hybridized carbons (Fsp3) is 0.250. The van der Waals surface area contributed by atoms with Crippen molar-refractivity contribution in [3.8, 4) is 0 Å². The molecule has 3 N–H and O–H groups in total. The van der Waals surface area contributed by atoms with Crippen LogP contribution in [0.1, 0.15) is 45.9 Å². The highest BCUT2D eigenvalue weighted by Gasteiger charge is 2.28. The Bertz CT molecular complexity index is 1260. The Kier molecular flexibility index (Phi) is 6.41. The highest BCUT2D eigenvalue weighted by atomic mass is 32.2. The number of H-pyrrole nitrogens is 1. The number of nitrogens with two attached hydrogens (primary N) is 1. The minimum absolute atomic E-state index is 0.00221. The molecular formula is C24H25N5O2S. The van der Waals surface area contributed by atoms with E-state index in [0.29, 0.717) is 23.0 Å². The van der Waals surface area contributed by atoms with E-state index in [4.69, 9.17) is 5.73 Å². The van der Waals surface area contributed by atoms with Crippen molar-refractivity contribution < 1.29 is 9.59 Å². The zero-order valence-electron chi connectivity index (χ0n) is 18.0.